The van der Waals surface area contributed by atoms with E-state index in [1.165, 1.54) is 24.4 Å². The van der Waals surface area contributed by atoms with Gasteiger partial charge in [0.25, 0.3) is 0 Å². The van der Waals surface area contributed by atoms with E-state index in [4.69, 9.17) is 23.2 Å². The van der Waals surface area contributed by atoms with Crippen LogP contribution in [0, 0.1) is 12.8 Å². The molecular formula is C24H25Cl2F3N4O. The number of halogens is 5. The van der Waals surface area contributed by atoms with E-state index in [1.54, 1.807) is 17.0 Å². The maximum atomic E-state index is 14.3. The van der Waals surface area contributed by atoms with E-state index in [-0.39, 0.29) is 41.2 Å². The zero-order chi connectivity index (χ0) is 24.5. The molecule has 1 heterocycles. The van der Waals surface area contributed by atoms with E-state index in [0.717, 1.165) is 24.0 Å². The fourth-order valence-corrected chi connectivity index (χ4v) is 4.78. The molecule has 1 saturated heterocycles. The van der Waals surface area contributed by atoms with Crippen LogP contribution in [0.1, 0.15) is 36.0 Å². The number of nitrogens with zero attached hydrogens (tertiary/aromatic N) is 2. The molecule has 1 aliphatic carbocycles. The van der Waals surface area contributed by atoms with E-state index in [2.05, 4.69) is 15.8 Å². The molecule has 10 heteroatoms. The van der Waals surface area contributed by atoms with E-state index in [0.29, 0.717) is 18.2 Å². The predicted molar refractivity (Wildman–Crippen MR) is 129 cm³/mol. The number of anilines is 1. The number of carbonyl (C=O) groups excluding carboxylic acids is 1. The molecule has 34 heavy (non-hydrogen) atoms. The van der Waals surface area contributed by atoms with Crippen molar-refractivity contribution in [1.82, 2.24) is 10.7 Å². The first-order chi connectivity index (χ1) is 16.1. The largest absolute Gasteiger partial charge is 0.400 e. The Hall–Kier alpha value is -2.45. The van der Waals surface area contributed by atoms with Gasteiger partial charge in [-0.2, -0.15) is 18.3 Å². The van der Waals surface area contributed by atoms with E-state index < -0.39 is 11.6 Å². The van der Waals surface area contributed by atoms with Gasteiger partial charge in [-0.05, 0) is 79.1 Å². The summed E-state index contributed by atoms with van der Waals surface area (Å²) in [5, 5.41) is 7.08. The number of nitrogens with one attached hydrogen (secondary N) is 2. The molecule has 182 valence electrons. The fraction of sp³-hybridized carbons (Fsp3) is 0.417. The summed E-state index contributed by atoms with van der Waals surface area (Å²) in [4.78, 5) is 13.5. The Morgan fingerprint density at radius 2 is 1.91 bits per heavy atom. The highest BCUT2D eigenvalue weighted by Gasteiger charge is 2.59. The number of urea groups is 1. The second kappa shape index (κ2) is 9.66. The lowest BCUT2D eigenvalue weighted by Gasteiger charge is -2.33. The number of hydrazone groups is 1. The fourth-order valence-electron chi connectivity index (χ4n) is 4.25. The lowest BCUT2D eigenvalue weighted by molar-refractivity contribution is -0.184. The number of alkyl halides is 3. The highest BCUT2D eigenvalue weighted by Crippen LogP contribution is 2.49. The van der Waals surface area contributed by atoms with Crippen molar-refractivity contribution in [2.75, 3.05) is 24.5 Å². The number of hydrogen-bond acceptors (Lipinski definition) is 3. The lowest BCUT2D eigenvalue weighted by Crippen LogP contribution is -2.44. The number of carbonyl (C=O) groups is 1. The highest BCUT2D eigenvalue weighted by atomic mass is 35.5. The quantitative estimate of drug-likeness (QED) is 0.365. The van der Waals surface area contributed by atoms with E-state index in [9.17, 15) is 18.0 Å². The predicted octanol–water partition coefficient (Wildman–Crippen LogP) is 6.06. The van der Waals surface area contributed by atoms with Gasteiger partial charge >= 0.3 is 12.2 Å². The maximum absolute atomic E-state index is 14.3. The Labute approximate surface area is 206 Å². The molecule has 4 rings (SSSR count). The van der Waals surface area contributed by atoms with Gasteiger partial charge < -0.3 is 10.2 Å². The van der Waals surface area contributed by atoms with Crippen LogP contribution in [0.25, 0.3) is 0 Å². The van der Waals surface area contributed by atoms with Crippen LogP contribution >= 0.6 is 23.2 Å². The van der Waals surface area contributed by atoms with E-state index in [1.807, 2.05) is 13.0 Å². The van der Waals surface area contributed by atoms with Crippen molar-refractivity contribution in [2.45, 2.75) is 37.8 Å². The van der Waals surface area contributed by atoms with Gasteiger partial charge in [0.1, 0.15) is 5.41 Å². The van der Waals surface area contributed by atoms with Gasteiger partial charge in [0.2, 0.25) is 0 Å². The number of aryl methyl sites for hydroxylation is 1. The first-order valence-corrected chi connectivity index (χ1v) is 11.8. The molecule has 1 atom stereocenters. The van der Waals surface area contributed by atoms with Crippen molar-refractivity contribution in [2.24, 2.45) is 11.0 Å². The molecule has 0 bridgehead atoms. The minimum absolute atomic E-state index is 0.0755. The van der Waals surface area contributed by atoms with Gasteiger partial charge in [-0.15, -0.1) is 0 Å². The van der Waals surface area contributed by atoms with Crippen molar-refractivity contribution in [3.8, 4) is 0 Å². The molecule has 0 radical (unpaired) electrons. The van der Waals surface area contributed by atoms with Gasteiger partial charge in [-0.25, -0.2) is 10.2 Å². The SMILES string of the molecule is Cc1cc(N2CCC(c3cc(Cl)cc(Cl)c3)(C(F)(F)F)C2)ccc1/C=N/NC(=O)NCC1CC1. The smallest absolute Gasteiger partial charge is 0.370 e. The summed E-state index contributed by atoms with van der Waals surface area (Å²) in [5.74, 6) is 0.571. The molecule has 2 aromatic rings. The third-order valence-corrected chi connectivity index (χ3v) is 6.90. The molecule has 1 unspecified atom stereocenters. The molecule has 2 aromatic carbocycles. The molecule has 1 aliphatic heterocycles. The van der Waals surface area contributed by atoms with Crippen LogP contribution in [0.5, 0.6) is 0 Å². The number of hydrogen-bond donors (Lipinski definition) is 2. The second-order valence-electron chi connectivity index (χ2n) is 8.97. The van der Waals surface area contributed by atoms with Crippen molar-refractivity contribution in [3.05, 3.63) is 63.1 Å². The lowest BCUT2D eigenvalue weighted by atomic mass is 9.79. The molecule has 2 amide bonds. The van der Waals surface area contributed by atoms with Crippen molar-refractivity contribution in [1.29, 1.82) is 0 Å². The summed E-state index contributed by atoms with van der Waals surface area (Å²) < 4.78 is 43.0. The summed E-state index contributed by atoms with van der Waals surface area (Å²) in [6.45, 7) is 2.50. The van der Waals surface area contributed by atoms with Crippen LogP contribution in [0.4, 0.5) is 23.7 Å². The van der Waals surface area contributed by atoms with Gasteiger partial charge in [0, 0.05) is 35.4 Å². The molecular weight excluding hydrogens is 488 g/mol. The second-order valence-corrected chi connectivity index (χ2v) is 9.85. The van der Waals surface area contributed by atoms with Crippen LogP contribution in [-0.2, 0) is 5.41 Å². The normalized spacial score (nSPS) is 20.7. The summed E-state index contributed by atoms with van der Waals surface area (Å²) in [5.41, 5.74) is 2.71. The molecule has 2 fully saturated rings. The molecule has 0 spiro atoms. The Morgan fingerprint density at radius 3 is 2.53 bits per heavy atom. The van der Waals surface area contributed by atoms with Crippen LogP contribution in [0.2, 0.25) is 10.0 Å². The van der Waals surface area contributed by atoms with Crippen LogP contribution in [0.15, 0.2) is 41.5 Å². The number of rotatable bonds is 6. The summed E-state index contributed by atoms with van der Waals surface area (Å²) >= 11 is 12.0. The monoisotopic (exact) mass is 512 g/mol. The van der Waals surface area contributed by atoms with Crippen LogP contribution in [-0.4, -0.2) is 38.1 Å². The average Bonchev–Trinajstić information content (AvgIpc) is 3.47. The maximum Gasteiger partial charge on any atom is 0.400 e. The minimum atomic E-state index is -4.47. The summed E-state index contributed by atoms with van der Waals surface area (Å²) in [7, 11) is 0. The summed E-state index contributed by atoms with van der Waals surface area (Å²) in [6, 6.07) is 9.14. The van der Waals surface area contributed by atoms with Crippen molar-refractivity contribution < 1.29 is 18.0 Å². The molecule has 0 aromatic heterocycles. The molecule has 2 aliphatic rings. The molecule has 2 N–H and O–H groups in total. The average molecular weight is 513 g/mol. The zero-order valence-electron chi connectivity index (χ0n) is 18.6. The molecule has 5 nitrogen and oxygen atoms in total. The van der Waals surface area contributed by atoms with Crippen LogP contribution in [0.3, 0.4) is 0 Å². The third-order valence-electron chi connectivity index (χ3n) is 6.46. The first-order valence-electron chi connectivity index (χ1n) is 11.0. The summed E-state index contributed by atoms with van der Waals surface area (Å²) in [6.07, 6.45) is -0.766. The standard InChI is InChI=1S/C24H25Cl2F3N4O/c1-15-8-21(5-4-17(15)13-31-32-22(34)30-12-16-2-3-16)33-7-6-23(14-33,24(27,28)29)18-9-19(25)11-20(26)10-18/h4-5,8-11,13,16H,2-3,6-7,12,14H2,1H3,(H2,30,32,34)/b31-13+. The third kappa shape index (κ3) is 5.44. The Balaban J connectivity index is 1.47. The van der Waals surface area contributed by atoms with Crippen molar-refractivity contribution >= 4 is 41.1 Å². The topological polar surface area (TPSA) is 56.7 Å². The molecule has 1 saturated carbocycles. The zero-order valence-corrected chi connectivity index (χ0v) is 20.1. The first kappa shape index (κ1) is 24.7. The Kier molecular flexibility index (Phi) is 7.01. The van der Waals surface area contributed by atoms with Gasteiger partial charge in [-0.3, -0.25) is 0 Å². The van der Waals surface area contributed by atoms with Crippen LogP contribution < -0.4 is 15.6 Å². The number of benzene rings is 2. The van der Waals surface area contributed by atoms with Gasteiger partial charge in [-0.1, -0.05) is 29.3 Å². The van der Waals surface area contributed by atoms with Gasteiger partial charge in [0.15, 0.2) is 0 Å². The Morgan fingerprint density at radius 1 is 1.21 bits per heavy atom. The number of amides is 2. The Bertz CT molecular complexity index is 1080. The van der Waals surface area contributed by atoms with Gasteiger partial charge in [0.05, 0.1) is 6.21 Å². The minimum Gasteiger partial charge on any atom is -0.370 e. The van der Waals surface area contributed by atoms with E-state index >= 15 is 0 Å². The van der Waals surface area contributed by atoms with Crippen molar-refractivity contribution in [3.63, 3.8) is 0 Å². The highest BCUT2D eigenvalue weighted by molar-refractivity contribution is 6.34.